The zero-order valence-corrected chi connectivity index (χ0v) is 10.7. The van der Waals surface area contributed by atoms with E-state index in [2.05, 4.69) is 4.72 Å². The molecule has 0 aliphatic carbocycles. The van der Waals surface area contributed by atoms with E-state index in [-0.39, 0.29) is 4.90 Å². The van der Waals surface area contributed by atoms with E-state index in [9.17, 15) is 12.8 Å². The third-order valence-corrected chi connectivity index (χ3v) is 4.47. The number of nitrogens with one attached hydrogen (secondary N) is 1. The molecule has 2 rings (SSSR count). The van der Waals surface area contributed by atoms with Crippen molar-refractivity contribution < 1.29 is 17.5 Å². The zero-order valence-electron chi connectivity index (χ0n) is 9.93. The Bertz CT molecular complexity index is 481. The van der Waals surface area contributed by atoms with Crippen molar-refractivity contribution in [2.45, 2.75) is 17.7 Å². The molecule has 1 aromatic carbocycles. The normalized spacial score (nSPS) is 17.8. The lowest BCUT2D eigenvalue weighted by Gasteiger charge is -2.22. The van der Waals surface area contributed by atoms with Crippen LogP contribution < -0.4 is 4.72 Å². The van der Waals surface area contributed by atoms with Crippen LogP contribution in [0.2, 0.25) is 0 Å². The first-order valence-corrected chi connectivity index (χ1v) is 7.39. The van der Waals surface area contributed by atoms with Crippen molar-refractivity contribution in [2.24, 2.45) is 5.92 Å². The molecule has 1 aliphatic rings. The molecule has 1 fully saturated rings. The Balaban J connectivity index is 1.96. The van der Waals surface area contributed by atoms with Gasteiger partial charge in [0.05, 0.1) is 4.90 Å². The van der Waals surface area contributed by atoms with Crippen molar-refractivity contribution in [1.29, 1.82) is 0 Å². The Kier molecular flexibility index (Phi) is 4.31. The highest BCUT2D eigenvalue weighted by molar-refractivity contribution is 7.89. The average molecular weight is 273 g/mol. The number of rotatable bonds is 4. The van der Waals surface area contributed by atoms with E-state index >= 15 is 0 Å². The molecule has 0 bridgehead atoms. The summed E-state index contributed by atoms with van der Waals surface area (Å²) in [7, 11) is -3.53. The molecular formula is C12H16FNO3S. The summed E-state index contributed by atoms with van der Waals surface area (Å²) in [5, 5.41) is 0. The number of hydrogen-bond acceptors (Lipinski definition) is 3. The minimum Gasteiger partial charge on any atom is -0.381 e. The lowest BCUT2D eigenvalue weighted by atomic mass is 10.0. The summed E-state index contributed by atoms with van der Waals surface area (Å²) in [5.41, 5.74) is 0. The van der Waals surface area contributed by atoms with Gasteiger partial charge in [-0.3, -0.25) is 0 Å². The minimum absolute atomic E-state index is 0.0935. The van der Waals surface area contributed by atoms with Gasteiger partial charge in [0.25, 0.3) is 0 Å². The van der Waals surface area contributed by atoms with Crippen LogP contribution in [-0.2, 0) is 14.8 Å². The van der Waals surface area contributed by atoms with E-state index in [4.69, 9.17) is 4.74 Å². The predicted octanol–water partition coefficient (Wildman–Crippen LogP) is 1.53. The molecule has 1 saturated heterocycles. The van der Waals surface area contributed by atoms with Crippen LogP contribution >= 0.6 is 0 Å². The van der Waals surface area contributed by atoms with Crippen molar-refractivity contribution in [3.05, 3.63) is 30.1 Å². The maximum atomic E-state index is 12.7. The lowest BCUT2D eigenvalue weighted by molar-refractivity contribution is 0.0678. The molecule has 0 amide bonds. The first-order valence-electron chi connectivity index (χ1n) is 5.91. The van der Waals surface area contributed by atoms with Gasteiger partial charge in [-0.15, -0.1) is 0 Å². The smallest absolute Gasteiger partial charge is 0.240 e. The van der Waals surface area contributed by atoms with Crippen LogP contribution in [0.5, 0.6) is 0 Å². The summed E-state index contributed by atoms with van der Waals surface area (Å²) in [6, 6.07) is 4.81. The van der Waals surface area contributed by atoms with E-state index in [1.165, 1.54) is 12.1 Å². The SMILES string of the molecule is O=S(=O)(NCC1CCOCC1)c1ccc(F)cc1. The molecule has 0 radical (unpaired) electrons. The molecule has 1 N–H and O–H groups in total. The molecule has 0 saturated carbocycles. The first-order chi connectivity index (χ1) is 8.58. The number of hydrogen-bond donors (Lipinski definition) is 1. The maximum Gasteiger partial charge on any atom is 0.240 e. The summed E-state index contributed by atoms with van der Waals surface area (Å²) in [4.78, 5) is 0.0935. The van der Waals surface area contributed by atoms with Gasteiger partial charge in [0.1, 0.15) is 5.82 Å². The molecule has 0 spiro atoms. The second-order valence-corrected chi connectivity index (χ2v) is 6.13. The lowest BCUT2D eigenvalue weighted by Crippen LogP contribution is -2.32. The highest BCUT2D eigenvalue weighted by atomic mass is 32.2. The van der Waals surface area contributed by atoms with E-state index in [0.29, 0.717) is 25.7 Å². The molecule has 1 aromatic rings. The monoisotopic (exact) mass is 273 g/mol. The van der Waals surface area contributed by atoms with Gasteiger partial charge in [-0.05, 0) is 43.0 Å². The number of sulfonamides is 1. The quantitative estimate of drug-likeness (QED) is 0.905. The summed E-state index contributed by atoms with van der Waals surface area (Å²) < 4.78 is 44.3. The molecule has 18 heavy (non-hydrogen) atoms. The third-order valence-electron chi connectivity index (χ3n) is 3.03. The molecule has 1 heterocycles. The Morgan fingerprint density at radius 1 is 1.22 bits per heavy atom. The van der Waals surface area contributed by atoms with Gasteiger partial charge in [-0.1, -0.05) is 0 Å². The van der Waals surface area contributed by atoms with Gasteiger partial charge in [0, 0.05) is 19.8 Å². The van der Waals surface area contributed by atoms with Gasteiger partial charge in [0.15, 0.2) is 0 Å². The van der Waals surface area contributed by atoms with Crippen molar-refractivity contribution in [1.82, 2.24) is 4.72 Å². The number of halogens is 1. The average Bonchev–Trinajstić information content (AvgIpc) is 2.38. The highest BCUT2D eigenvalue weighted by Gasteiger charge is 2.18. The fourth-order valence-corrected chi connectivity index (χ4v) is 2.99. The first kappa shape index (κ1) is 13.5. The maximum absolute atomic E-state index is 12.7. The fourth-order valence-electron chi connectivity index (χ4n) is 1.88. The van der Waals surface area contributed by atoms with Gasteiger partial charge < -0.3 is 4.74 Å². The van der Waals surface area contributed by atoms with Crippen LogP contribution in [0, 0.1) is 11.7 Å². The highest BCUT2D eigenvalue weighted by Crippen LogP contribution is 2.15. The Hall–Kier alpha value is -0.980. The molecule has 1 aliphatic heterocycles. The standard InChI is InChI=1S/C12H16FNO3S/c13-11-1-3-12(4-2-11)18(15,16)14-9-10-5-7-17-8-6-10/h1-4,10,14H,5-9H2. The fraction of sp³-hybridized carbons (Fsp3) is 0.500. The zero-order chi connectivity index (χ0) is 13.0. The molecule has 4 nitrogen and oxygen atoms in total. The van der Waals surface area contributed by atoms with Crippen molar-refractivity contribution >= 4 is 10.0 Å². The number of ether oxygens (including phenoxy) is 1. The summed E-state index contributed by atoms with van der Waals surface area (Å²) in [6.07, 6.45) is 1.73. The van der Waals surface area contributed by atoms with E-state index in [1.54, 1.807) is 0 Å². The van der Waals surface area contributed by atoms with Gasteiger partial charge in [-0.2, -0.15) is 0 Å². The summed E-state index contributed by atoms with van der Waals surface area (Å²) in [5.74, 6) is -0.132. The molecule has 100 valence electrons. The minimum atomic E-state index is -3.53. The van der Waals surface area contributed by atoms with Crippen molar-refractivity contribution in [2.75, 3.05) is 19.8 Å². The van der Waals surface area contributed by atoms with Gasteiger partial charge in [0.2, 0.25) is 10.0 Å². The third kappa shape index (κ3) is 3.51. The van der Waals surface area contributed by atoms with Crippen LogP contribution in [0.1, 0.15) is 12.8 Å². The Labute approximate surface area is 106 Å². The molecule has 6 heteroatoms. The Morgan fingerprint density at radius 3 is 2.44 bits per heavy atom. The van der Waals surface area contributed by atoms with E-state index < -0.39 is 15.8 Å². The molecule has 0 unspecified atom stereocenters. The second-order valence-electron chi connectivity index (χ2n) is 4.36. The summed E-state index contributed by atoms with van der Waals surface area (Å²) >= 11 is 0. The van der Waals surface area contributed by atoms with E-state index in [1.807, 2.05) is 0 Å². The van der Waals surface area contributed by atoms with Crippen LogP contribution in [-0.4, -0.2) is 28.2 Å². The van der Waals surface area contributed by atoms with Crippen LogP contribution in [0.4, 0.5) is 4.39 Å². The van der Waals surface area contributed by atoms with Crippen molar-refractivity contribution in [3.63, 3.8) is 0 Å². The second kappa shape index (κ2) is 5.77. The topological polar surface area (TPSA) is 55.4 Å². The van der Waals surface area contributed by atoms with Crippen LogP contribution in [0.3, 0.4) is 0 Å². The molecular weight excluding hydrogens is 257 g/mol. The van der Waals surface area contributed by atoms with Gasteiger partial charge >= 0.3 is 0 Å². The molecule has 0 aromatic heterocycles. The summed E-state index contributed by atoms with van der Waals surface area (Å²) in [6.45, 7) is 1.77. The van der Waals surface area contributed by atoms with Crippen LogP contribution in [0.15, 0.2) is 29.2 Å². The number of benzene rings is 1. The van der Waals surface area contributed by atoms with E-state index in [0.717, 1.165) is 25.0 Å². The van der Waals surface area contributed by atoms with Gasteiger partial charge in [-0.25, -0.2) is 17.5 Å². The predicted molar refractivity (Wildman–Crippen MR) is 65.1 cm³/mol. The Morgan fingerprint density at radius 2 is 1.83 bits per heavy atom. The largest absolute Gasteiger partial charge is 0.381 e. The van der Waals surface area contributed by atoms with Crippen LogP contribution in [0.25, 0.3) is 0 Å². The van der Waals surface area contributed by atoms with Crippen molar-refractivity contribution in [3.8, 4) is 0 Å². The molecule has 0 atom stereocenters.